The van der Waals surface area contributed by atoms with E-state index in [1.807, 2.05) is 0 Å². The summed E-state index contributed by atoms with van der Waals surface area (Å²) < 4.78 is 68.0. The minimum atomic E-state index is -4.62. The van der Waals surface area contributed by atoms with Crippen LogP contribution in [0.15, 0.2) is 24.4 Å². The Balaban J connectivity index is 1.67. The molecule has 4 heterocycles. The molecular weight excluding hydrogens is 402 g/mol. The molecule has 2 aliphatic heterocycles. The molecule has 0 saturated carbocycles. The number of ether oxygens (including phenoxy) is 2. The van der Waals surface area contributed by atoms with Crippen LogP contribution in [0.25, 0.3) is 21.8 Å². The predicted octanol–water partition coefficient (Wildman–Crippen LogP) is 4.22. The second-order valence-electron chi connectivity index (χ2n) is 7.87. The van der Waals surface area contributed by atoms with E-state index in [-0.39, 0.29) is 11.3 Å². The van der Waals surface area contributed by atoms with E-state index < -0.39 is 17.7 Å². The number of fused-ring (bicyclic) bond motifs is 5. The third-order valence-corrected chi connectivity index (χ3v) is 6.29. The number of hydrogen-bond donors (Lipinski definition) is 0. The number of pyridine rings is 1. The number of alkyl halides is 3. The Morgan fingerprint density at radius 1 is 1.13 bits per heavy atom. The molecule has 30 heavy (non-hydrogen) atoms. The Bertz CT molecular complexity index is 1100. The van der Waals surface area contributed by atoms with Gasteiger partial charge in [0.25, 0.3) is 0 Å². The van der Waals surface area contributed by atoms with Gasteiger partial charge in [0.15, 0.2) is 17.3 Å². The van der Waals surface area contributed by atoms with Gasteiger partial charge >= 0.3 is 6.18 Å². The lowest BCUT2D eigenvalue weighted by atomic mass is 10.1. The second kappa shape index (κ2) is 7.09. The first-order chi connectivity index (χ1) is 14.4. The summed E-state index contributed by atoms with van der Waals surface area (Å²) in [5, 5.41) is 0.750. The quantitative estimate of drug-likeness (QED) is 0.589. The van der Waals surface area contributed by atoms with Crippen molar-refractivity contribution in [1.82, 2.24) is 14.5 Å². The molecule has 5 rings (SSSR count). The molecule has 2 aliphatic rings. The van der Waals surface area contributed by atoms with Gasteiger partial charge in [-0.25, -0.2) is 9.37 Å². The molecule has 5 nitrogen and oxygen atoms in total. The topological polar surface area (TPSA) is 39.5 Å². The molecular formula is C21H21F4N3O2. The van der Waals surface area contributed by atoms with Crippen LogP contribution >= 0.6 is 0 Å². The van der Waals surface area contributed by atoms with Crippen LogP contribution in [0.5, 0.6) is 5.75 Å². The fourth-order valence-electron chi connectivity index (χ4n) is 4.94. The highest BCUT2D eigenvalue weighted by Crippen LogP contribution is 2.39. The molecule has 3 aromatic rings. The molecule has 9 heteroatoms. The Kier molecular flexibility index (Phi) is 4.62. The van der Waals surface area contributed by atoms with Crippen molar-refractivity contribution >= 4 is 21.8 Å². The van der Waals surface area contributed by atoms with Crippen LogP contribution in [0.4, 0.5) is 17.6 Å². The lowest BCUT2D eigenvalue weighted by Gasteiger charge is -2.34. The smallest absolute Gasteiger partial charge is 0.435 e. The first-order valence-electron chi connectivity index (χ1n) is 9.93. The van der Waals surface area contributed by atoms with Crippen LogP contribution in [-0.4, -0.2) is 53.4 Å². The van der Waals surface area contributed by atoms with Crippen molar-refractivity contribution in [2.45, 2.75) is 37.6 Å². The summed E-state index contributed by atoms with van der Waals surface area (Å²) in [6, 6.07) is 4.81. The monoisotopic (exact) mass is 423 g/mol. The standard InChI is InChI=1S/C21H21F4N3O2/c1-29-18-9-17-15(8-16(18)22)14-4-5-26-20(21(23,24)25)19(14)28(17)7-6-27-12-2-3-13(27)11-30-10-12/h4-5,8-9,12-13H,2-3,6-7,10-11H2,1H3. The number of methoxy groups -OCH3 is 1. The molecule has 0 N–H and O–H groups in total. The lowest BCUT2D eigenvalue weighted by Crippen LogP contribution is -2.46. The zero-order chi connectivity index (χ0) is 21.0. The van der Waals surface area contributed by atoms with Gasteiger partial charge in [0, 0.05) is 48.2 Å². The molecule has 2 aromatic heterocycles. The number of hydrogen-bond acceptors (Lipinski definition) is 4. The zero-order valence-electron chi connectivity index (χ0n) is 16.4. The highest BCUT2D eigenvalue weighted by atomic mass is 19.4. The van der Waals surface area contributed by atoms with Gasteiger partial charge in [-0.3, -0.25) is 4.90 Å². The summed E-state index contributed by atoms with van der Waals surface area (Å²) in [5.74, 6) is -0.611. The molecule has 2 unspecified atom stereocenters. The van der Waals surface area contributed by atoms with Gasteiger partial charge < -0.3 is 14.0 Å². The van der Waals surface area contributed by atoms with Gasteiger partial charge in [0.1, 0.15) is 0 Å². The molecule has 0 spiro atoms. The normalized spacial score (nSPS) is 22.3. The van der Waals surface area contributed by atoms with Crippen LogP contribution < -0.4 is 4.74 Å². The molecule has 2 saturated heterocycles. The Labute approximate surface area is 170 Å². The first-order valence-corrected chi connectivity index (χ1v) is 9.93. The number of aromatic nitrogens is 2. The van der Waals surface area contributed by atoms with Crippen molar-refractivity contribution in [3.63, 3.8) is 0 Å². The van der Waals surface area contributed by atoms with Crippen LogP contribution in [0.2, 0.25) is 0 Å². The highest BCUT2D eigenvalue weighted by molar-refractivity contribution is 6.09. The Hall–Kier alpha value is -2.39. The van der Waals surface area contributed by atoms with Gasteiger partial charge in [-0.1, -0.05) is 0 Å². The SMILES string of the molecule is COc1cc2c(cc1F)c1ccnc(C(F)(F)F)c1n2CCN1C2CCC1COC2. The van der Waals surface area contributed by atoms with Gasteiger partial charge in [-0.05, 0) is 25.0 Å². The van der Waals surface area contributed by atoms with Crippen molar-refractivity contribution in [2.24, 2.45) is 0 Å². The van der Waals surface area contributed by atoms with Gasteiger partial charge in [-0.15, -0.1) is 0 Å². The van der Waals surface area contributed by atoms with E-state index in [1.54, 1.807) is 4.57 Å². The van der Waals surface area contributed by atoms with E-state index in [9.17, 15) is 17.6 Å². The molecule has 0 radical (unpaired) electrons. The number of benzene rings is 1. The van der Waals surface area contributed by atoms with Crippen molar-refractivity contribution < 1.29 is 27.0 Å². The summed E-state index contributed by atoms with van der Waals surface area (Å²) in [7, 11) is 1.34. The average Bonchev–Trinajstić information content (AvgIpc) is 3.12. The lowest BCUT2D eigenvalue weighted by molar-refractivity contribution is -0.140. The molecule has 1 aromatic carbocycles. The van der Waals surface area contributed by atoms with Crippen LogP contribution in [0.1, 0.15) is 18.5 Å². The zero-order valence-corrected chi connectivity index (χ0v) is 16.4. The van der Waals surface area contributed by atoms with Gasteiger partial charge in [-0.2, -0.15) is 13.2 Å². The van der Waals surface area contributed by atoms with Crippen LogP contribution in [0, 0.1) is 5.82 Å². The highest BCUT2D eigenvalue weighted by Gasteiger charge is 2.39. The van der Waals surface area contributed by atoms with Crippen LogP contribution in [-0.2, 0) is 17.5 Å². The van der Waals surface area contributed by atoms with Crippen LogP contribution in [0.3, 0.4) is 0 Å². The summed E-state index contributed by atoms with van der Waals surface area (Å²) >= 11 is 0. The van der Waals surface area contributed by atoms with Crippen molar-refractivity contribution in [3.05, 3.63) is 35.9 Å². The Morgan fingerprint density at radius 2 is 1.87 bits per heavy atom. The maximum atomic E-state index is 14.4. The summed E-state index contributed by atoms with van der Waals surface area (Å²) in [6.45, 7) is 2.22. The maximum Gasteiger partial charge on any atom is 0.435 e. The fraction of sp³-hybridized carbons (Fsp3) is 0.476. The number of nitrogens with zero attached hydrogens (tertiary/aromatic N) is 3. The van der Waals surface area contributed by atoms with E-state index >= 15 is 0 Å². The van der Waals surface area contributed by atoms with Crippen molar-refractivity contribution in [1.29, 1.82) is 0 Å². The first kappa shape index (κ1) is 19.6. The molecule has 2 bridgehead atoms. The number of halogens is 4. The largest absolute Gasteiger partial charge is 0.494 e. The number of rotatable bonds is 4. The molecule has 0 aliphatic carbocycles. The molecule has 0 amide bonds. The molecule has 2 fully saturated rings. The molecule has 160 valence electrons. The van der Waals surface area contributed by atoms with Crippen molar-refractivity contribution in [3.8, 4) is 5.75 Å². The number of morpholine rings is 1. The summed E-state index contributed by atoms with van der Waals surface area (Å²) in [4.78, 5) is 5.96. The summed E-state index contributed by atoms with van der Waals surface area (Å²) in [6.07, 6.45) is -1.43. The fourth-order valence-corrected chi connectivity index (χ4v) is 4.94. The van der Waals surface area contributed by atoms with E-state index in [0.717, 1.165) is 19.0 Å². The maximum absolute atomic E-state index is 14.4. The third-order valence-electron chi connectivity index (χ3n) is 6.29. The second-order valence-corrected chi connectivity index (χ2v) is 7.87. The van der Waals surface area contributed by atoms with Gasteiger partial charge in [0.05, 0.1) is 31.4 Å². The minimum Gasteiger partial charge on any atom is -0.494 e. The van der Waals surface area contributed by atoms with Gasteiger partial charge in [0.2, 0.25) is 0 Å². The van der Waals surface area contributed by atoms with E-state index in [1.165, 1.54) is 25.3 Å². The van der Waals surface area contributed by atoms with E-state index in [4.69, 9.17) is 9.47 Å². The third kappa shape index (κ3) is 3.02. The van der Waals surface area contributed by atoms with E-state index in [0.29, 0.717) is 54.7 Å². The van der Waals surface area contributed by atoms with Crippen molar-refractivity contribution in [2.75, 3.05) is 26.9 Å². The minimum absolute atomic E-state index is 0.000448. The summed E-state index contributed by atoms with van der Waals surface area (Å²) in [5.41, 5.74) is -0.476. The Morgan fingerprint density at radius 3 is 2.53 bits per heavy atom. The molecule has 2 atom stereocenters. The van der Waals surface area contributed by atoms with E-state index in [2.05, 4.69) is 9.88 Å². The predicted molar refractivity (Wildman–Crippen MR) is 103 cm³/mol. The average molecular weight is 423 g/mol.